The number of nitrogens with zero attached hydrogens (tertiary/aromatic N) is 2. The van der Waals surface area contributed by atoms with Crippen LogP contribution >= 0.6 is 15.9 Å². The van der Waals surface area contributed by atoms with Gasteiger partial charge >= 0.3 is 0 Å². The van der Waals surface area contributed by atoms with Crippen LogP contribution < -0.4 is 4.72 Å². The highest BCUT2D eigenvalue weighted by Gasteiger charge is 2.14. The fourth-order valence-corrected chi connectivity index (χ4v) is 2.85. The molecule has 1 aromatic carbocycles. The zero-order chi connectivity index (χ0) is 13.2. The highest BCUT2D eigenvalue weighted by molar-refractivity contribution is 9.08. The molecule has 0 amide bonds. The molecule has 7 heteroatoms. The molecule has 0 saturated carbocycles. The summed E-state index contributed by atoms with van der Waals surface area (Å²) in [6.45, 7) is 0. The molecular formula is C11H12BrN3O2S. The van der Waals surface area contributed by atoms with Gasteiger partial charge in [0.15, 0.2) is 0 Å². The van der Waals surface area contributed by atoms with E-state index in [9.17, 15) is 8.42 Å². The molecule has 2 aromatic rings. The third-order valence-electron chi connectivity index (χ3n) is 2.35. The second-order valence-electron chi connectivity index (χ2n) is 3.79. The van der Waals surface area contributed by atoms with E-state index in [4.69, 9.17) is 0 Å². The average molecular weight is 330 g/mol. The quantitative estimate of drug-likeness (QED) is 0.874. The number of aromatic nitrogens is 2. The number of halogens is 1. The van der Waals surface area contributed by atoms with Gasteiger partial charge in [-0.25, -0.2) is 8.42 Å². The number of alkyl halides is 1. The van der Waals surface area contributed by atoms with Crippen LogP contribution in [0.2, 0.25) is 0 Å². The summed E-state index contributed by atoms with van der Waals surface area (Å²) >= 11 is 3.31. The zero-order valence-electron chi connectivity index (χ0n) is 9.67. The maximum Gasteiger partial charge on any atom is 0.261 e. The van der Waals surface area contributed by atoms with Gasteiger partial charge in [-0.15, -0.1) is 0 Å². The second kappa shape index (κ2) is 5.11. The number of aryl methyl sites for hydroxylation is 1. The van der Waals surface area contributed by atoms with Crippen LogP contribution in [-0.4, -0.2) is 18.2 Å². The second-order valence-corrected chi connectivity index (χ2v) is 6.03. The molecular weight excluding hydrogens is 318 g/mol. The minimum Gasteiger partial charge on any atom is -0.276 e. The first-order valence-corrected chi connectivity index (χ1v) is 7.78. The Labute approximate surface area is 114 Å². The molecule has 0 fully saturated rings. The predicted octanol–water partition coefficient (Wildman–Crippen LogP) is 2.12. The van der Waals surface area contributed by atoms with E-state index < -0.39 is 10.0 Å². The van der Waals surface area contributed by atoms with Crippen molar-refractivity contribution in [2.24, 2.45) is 7.05 Å². The standard InChI is InChI=1S/C11H12BrN3O2S/c1-15-8-10(7-13-15)14-18(16,17)11-4-2-9(6-12)3-5-11/h2-5,7-8,14H,6H2,1H3. The molecule has 0 aliphatic rings. The highest BCUT2D eigenvalue weighted by atomic mass is 79.9. The maximum atomic E-state index is 12.1. The molecule has 1 heterocycles. The minimum absolute atomic E-state index is 0.232. The van der Waals surface area contributed by atoms with Gasteiger partial charge in [-0.1, -0.05) is 28.1 Å². The number of benzene rings is 1. The molecule has 0 aliphatic heterocycles. The van der Waals surface area contributed by atoms with Crippen molar-refractivity contribution in [1.82, 2.24) is 9.78 Å². The van der Waals surface area contributed by atoms with Gasteiger partial charge in [0, 0.05) is 18.6 Å². The monoisotopic (exact) mass is 329 g/mol. The summed E-state index contributed by atoms with van der Waals surface area (Å²) < 4.78 is 28.1. The Morgan fingerprint density at radius 2 is 2.00 bits per heavy atom. The first kappa shape index (κ1) is 13.1. The minimum atomic E-state index is -3.54. The molecule has 18 heavy (non-hydrogen) atoms. The van der Waals surface area contributed by atoms with E-state index in [0.29, 0.717) is 11.0 Å². The van der Waals surface area contributed by atoms with E-state index in [1.165, 1.54) is 10.9 Å². The van der Waals surface area contributed by atoms with Crippen LogP contribution in [0.15, 0.2) is 41.6 Å². The Morgan fingerprint density at radius 3 is 2.50 bits per heavy atom. The summed E-state index contributed by atoms with van der Waals surface area (Å²) in [6.07, 6.45) is 3.06. The number of nitrogens with one attached hydrogen (secondary N) is 1. The summed E-state index contributed by atoms with van der Waals surface area (Å²) in [4.78, 5) is 0.232. The van der Waals surface area contributed by atoms with Crippen molar-refractivity contribution >= 4 is 31.6 Å². The number of anilines is 1. The van der Waals surface area contributed by atoms with E-state index in [1.807, 2.05) is 0 Å². The molecule has 0 saturated heterocycles. The van der Waals surface area contributed by atoms with E-state index >= 15 is 0 Å². The molecule has 2 rings (SSSR count). The van der Waals surface area contributed by atoms with Gasteiger partial charge in [-0.3, -0.25) is 9.40 Å². The molecule has 0 bridgehead atoms. The first-order chi connectivity index (χ1) is 8.51. The van der Waals surface area contributed by atoms with Gasteiger partial charge < -0.3 is 0 Å². The van der Waals surface area contributed by atoms with Crippen molar-refractivity contribution in [3.8, 4) is 0 Å². The molecule has 0 unspecified atom stereocenters. The summed E-state index contributed by atoms with van der Waals surface area (Å²) in [5.41, 5.74) is 1.47. The lowest BCUT2D eigenvalue weighted by molar-refractivity contribution is 0.601. The molecule has 0 atom stereocenters. The molecule has 1 N–H and O–H groups in total. The van der Waals surface area contributed by atoms with Crippen molar-refractivity contribution in [3.05, 3.63) is 42.2 Å². The molecule has 0 aliphatic carbocycles. The van der Waals surface area contributed by atoms with Crippen LogP contribution in [0.4, 0.5) is 5.69 Å². The Bertz CT molecular complexity index is 635. The van der Waals surface area contributed by atoms with Crippen molar-refractivity contribution in [3.63, 3.8) is 0 Å². The van der Waals surface area contributed by atoms with Crippen molar-refractivity contribution in [2.45, 2.75) is 10.2 Å². The molecule has 1 aromatic heterocycles. The highest BCUT2D eigenvalue weighted by Crippen LogP contribution is 2.16. The summed E-state index contributed by atoms with van der Waals surface area (Å²) in [5, 5.41) is 4.60. The van der Waals surface area contributed by atoms with Crippen LogP contribution in [0, 0.1) is 0 Å². The fraction of sp³-hybridized carbons (Fsp3) is 0.182. The SMILES string of the molecule is Cn1cc(NS(=O)(=O)c2ccc(CBr)cc2)cn1. The van der Waals surface area contributed by atoms with Crippen LogP contribution in [0.5, 0.6) is 0 Å². The average Bonchev–Trinajstić information content (AvgIpc) is 2.74. The lowest BCUT2D eigenvalue weighted by Crippen LogP contribution is -2.12. The number of hydrogen-bond acceptors (Lipinski definition) is 3. The van der Waals surface area contributed by atoms with Crippen LogP contribution in [0.1, 0.15) is 5.56 Å². The number of rotatable bonds is 4. The summed E-state index contributed by atoms with van der Waals surface area (Å²) in [6, 6.07) is 6.70. The van der Waals surface area contributed by atoms with E-state index in [-0.39, 0.29) is 4.90 Å². The van der Waals surface area contributed by atoms with E-state index in [1.54, 1.807) is 37.5 Å². The predicted molar refractivity (Wildman–Crippen MR) is 73.1 cm³/mol. The van der Waals surface area contributed by atoms with Gasteiger partial charge in [0.1, 0.15) is 0 Å². The number of hydrogen-bond donors (Lipinski definition) is 1. The van der Waals surface area contributed by atoms with Gasteiger partial charge in [-0.2, -0.15) is 5.10 Å². The normalized spacial score (nSPS) is 11.4. The lowest BCUT2D eigenvalue weighted by atomic mass is 10.2. The topological polar surface area (TPSA) is 64.0 Å². The summed E-state index contributed by atoms with van der Waals surface area (Å²) in [5.74, 6) is 0. The largest absolute Gasteiger partial charge is 0.276 e. The van der Waals surface area contributed by atoms with Crippen molar-refractivity contribution < 1.29 is 8.42 Å². The Hall–Kier alpha value is -1.34. The van der Waals surface area contributed by atoms with Crippen LogP contribution in [0.3, 0.4) is 0 Å². The van der Waals surface area contributed by atoms with Gasteiger partial charge in [-0.05, 0) is 17.7 Å². The first-order valence-electron chi connectivity index (χ1n) is 5.17. The van der Waals surface area contributed by atoms with E-state index in [2.05, 4.69) is 25.8 Å². The molecule has 5 nitrogen and oxygen atoms in total. The van der Waals surface area contributed by atoms with E-state index in [0.717, 1.165) is 5.56 Å². The van der Waals surface area contributed by atoms with Crippen LogP contribution in [-0.2, 0) is 22.4 Å². The van der Waals surface area contributed by atoms with Gasteiger partial charge in [0.25, 0.3) is 10.0 Å². The number of sulfonamides is 1. The smallest absolute Gasteiger partial charge is 0.261 e. The van der Waals surface area contributed by atoms with Gasteiger partial charge in [0.2, 0.25) is 0 Å². The third kappa shape index (κ3) is 2.91. The Morgan fingerprint density at radius 1 is 1.33 bits per heavy atom. The fourth-order valence-electron chi connectivity index (χ4n) is 1.45. The Kier molecular flexibility index (Phi) is 3.72. The van der Waals surface area contributed by atoms with Gasteiger partial charge in [0.05, 0.1) is 16.8 Å². The zero-order valence-corrected chi connectivity index (χ0v) is 12.1. The lowest BCUT2D eigenvalue weighted by Gasteiger charge is -2.06. The van der Waals surface area contributed by atoms with Crippen molar-refractivity contribution in [1.29, 1.82) is 0 Å². The molecule has 96 valence electrons. The third-order valence-corrected chi connectivity index (χ3v) is 4.39. The molecule has 0 radical (unpaired) electrons. The Balaban J connectivity index is 2.24. The van der Waals surface area contributed by atoms with Crippen molar-refractivity contribution in [2.75, 3.05) is 4.72 Å². The maximum absolute atomic E-state index is 12.1. The van der Waals surface area contributed by atoms with Crippen LogP contribution in [0.25, 0.3) is 0 Å². The summed E-state index contributed by atoms with van der Waals surface area (Å²) in [7, 11) is -1.82. The molecule has 0 spiro atoms.